The molecule has 0 spiro atoms. The van der Waals surface area contributed by atoms with Gasteiger partial charge in [-0.3, -0.25) is 0 Å². The Balaban J connectivity index is 0.000000292. The molecule has 0 aromatic heterocycles. The molecule has 0 bridgehead atoms. The SMILES string of the molecule is CCN1C=CN(C)C1C.COC(=O)O. The molecule has 1 heterocycles. The van der Waals surface area contributed by atoms with E-state index in [-0.39, 0.29) is 0 Å². The largest absolute Gasteiger partial charge is 0.505 e. The molecule has 1 rings (SSSR count). The van der Waals surface area contributed by atoms with Crippen molar-refractivity contribution in [3.63, 3.8) is 0 Å². The minimum absolute atomic E-state index is 0.551. The van der Waals surface area contributed by atoms with Crippen LogP contribution in [0.1, 0.15) is 13.8 Å². The standard InChI is InChI=1S/C7H14N2.C2H4O3/c1-4-9-6-5-8(3)7(9)2;1-5-2(3)4/h5-7H,4H2,1-3H3;1H3,(H,3,4). The zero-order valence-corrected chi connectivity index (χ0v) is 9.10. The van der Waals surface area contributed by atoms with Crippen molar-refractivity contribution in [1.82, 2.24) is 9.80 Å². The third-order valence-corrected chi connectivity index (χ3v) is 2.10. The lowest BCUT2D eigenvalue weighted by molar-refractivity contribution is 0.114. The lowest BCUT2D eigenvalue weighted by Gasteiger charge is -2.25. The molecule has 0 fully saturated rings. The summed E-state index contributed by atoms with van der Waals surface area (Å²) in [5.74, 6) is 0. The van der Waals surface area contributed by atoms with Crippen LogP contribution in [-0.2, 0) is 4.74 Å². The van der Waals surface area contributed by atoms with Crippen molar-refractivity contribution in [3.8, 4) is 0 Å². The third kappa shape index (κ3) is 4.02. The van der Waals surface area contributed by atoms with Gasteiger partial charge in [-0.15, -0.1) is 0 Å². The van der Waals surface area contributed by atoms with Gasteiger partial charge in [-0.2, -0.15) is 0 Å². The van der Waals surface area contributed by atoms with E-state index >= 15 is 0 Å². The first-order valence-electron chi connectivity index (χ1n) is 4.45. The fourth-order valence-corrected chi connectivity index (χ4v) is 1.04. The average Bonchev–Trinajstić information content (AvgIpc) is 2.48. The Morgan fingerprint density at radius 2 is 2.07 bits per heavy atom. The van der Waals surface area contributed by atoms with Crippen molar-refractivity contribution < 1.29 is 14.6 Å². The molecule has 5 heteroatoms. The molecule has 0 aromatic carbocycles. The highest BCUT2D eigenvalue weighted by Crippen LogP contribution is 2.11. The van der Waals surface area contributed by atoms with Gasteiger partial charge in [0.1, 0.15) is 0 Å². The van der Waals surface area contributed by atoms with Crippen molar-refractivity contribution in [2.75, 3.05) is 20.7 Å². The molecular formula is C9H18N2O3. The Hall–Kier alpha value is -1.39. The highest BCUT2D eigenvalue weighted by atomic mass is 16.6. The number of methoxy groups -OCH3 is 1. The first-order chi connectivity index (χ1) is 6.52. The molecule has 1 aliphatic rings. The van der Waals surface area contributed by atoms with Gasteiger partial charge in [0.2, 0.25) is 0 Å². The van der Waals surface area contributed by atoms with Crippen LogP contribution in [0.2, 0.25) is 0 Å². The molecule has 1 atom stereocenters. The zero-order chi connectivity index (χ0) is 11.1. The van der Waals surface area contributed by atoms with Gasteiger partial charge < -0.3 is 19.6 Å². The smallest absolute Gasteiger partial charge is 0.450 e. The summed E-state index contributed by atoms with van der Waals surface area (Å²) in [6, 6.07) is 0. The summed E-state index contributed by atoms with van der Waals surface area (Å²) in [5.41, 5.74) is 0. The normalized spacial score (nSPS) is 19.0. The summed E-state index contributed by atoms with van der Waals surface area (Å²) in [6.45, 7) is 5.46. The van der Waals surface area contributed by atoms with E-state index in [2.05, 4.69) is 47.8 Å². The van der Waals surface area contributed by atoms with E-state index < -0.39 is 6.16 Å². The number of carboxylic acid groups (broad SMARTS) is 1. The Labute approximate surface area is 84.6 Å². The lowest BCUT2D eigenvalue weighted by Crippen LogP contribution is -2.33. The monoisotopic (exact) mass is 202 g/mol. The van der Waals surface area contributed by atoms with Gasteiger partial charge in [-0.25, -0.2) is 4.79 Å². The third-order valence-electron chi connectivity index (χ3n) is 2.10. The number of hydrogen-bond donors (Lipinski definition) is 1. The number of nitrogens with zero attached hydrogens (tertiary/aromatic N) is 2. The molecule has 0 aliphatic carbocycles. The van der Waals surface area contributed by atoms with Crippen LogP contribution in [0.5, 0.6) is 0 Å². The van der Waals surface area contributed by atoms with Crippen LogP contribution in [-0.4, -0.2) is 47.9 Å². The van der Waals surface area contributed by atoms with Crippen molar-refractivity contribution in [3.05, 3.63) is 12.4 Å². The first kappa shape index (κ1) is 12.6. The van der Waals surface area contributed by atoms with E-state index in [4.69, 9.17) is 9.90 Å². The van der Waals surface area contributed by atoms with Gasteiger partial charge in [0, 0.05) is 26.0 Å². The second-order valence-electron chi connectivity index (χ2n) is 2.90. The van der Waals surface area contributed by atoms with Crippen LogP contribution in [0.15, 0.2) is 12.4 Å². The summed E-state index contributed by atoms with van der Waals surface area (Å²) < 4.78 is 3.67. The molecule has 0 aromatic rings. The second kappa shape index (κ2) is 6.12. The fourth-order valence-electron chi connectivity index (χ4n) is 1.04. The van der Waals surface area contributed by atoms with Crippen molar-refractivity contribution in [2.24, 2.45) is 0 Å². The van der Waals surface area contributed by atoms with Crippen molar-refractivity contribution in [1.29, 1.82) is 0 Å². The van der Waals surface area contributed by atoms with Gasteiger partial charge in [-0.1, -0.05) is 0 Å². The molecule has 1 unspecified atom stereocenters. The van der Waals surface area contributed by atoms with Gasteiger partial charge in [0.25, 0.3) is 0 Å². The zero-order valence-electron chi connectivity index (χ0n) is 9.10. The molecule has 1 aliphatic heterocycles. The average molecular weight is 202 g/mol. The number of ether oxygens (including phenoxy) is 1. The maximum atomic E-state index is 9.15. The molecular weight excluding hydrogens is 184 g/mol. The van der Waals surface area contributed by atoms with E-state index in [0.717, 1.165) is 13.7 Å². The fraction of sp³-hybridized carbons (Fsp3) is 0.667. The summed E-state index contributed by atoms with van der Waals surface area (Å²) in [5, 5.41) is 7.50. The van der Waals surface area contributed by atoms with Gasteiger partial charge in [-0.05, 0) is 13.8 Å². The molecule has 0 saturated heterocycles. The summed E-state index contributed by atoms with van der Waals surface area (Å²) in [4.78, 5) is 13.6. The number of hydrogen-bond acceptors (Lipinski definition) is 4. The minimum atomic E-state index is -1.25. The predicted molar refractivity (Wildman–Crippen MR) is 53.8 cm³/mol. The Bertz CT molecular complexity index is 206. The Morgan fingerprint density at radius 1 is 1.57 bits per heavy atom. The molecule has 0 amide bonds. The maximum absolute atomic E-state index is 9.15. The molecule has 0 saturated carbocycles. The van der Waals surface area contributed by atoms with E-state index in [1.165, 1.54) is 0 Å². The molecule has 14 heavy (non-hydrogen) atoms. The van der Waals surface area contributed by atoms with E-state index in [1.807, 2.05) is 0 Å². The van der Waals surface area contributed by atoms with Gasteiger partial charge in [0.15, 0.2) is 0 Å². The van der Waals surface area contributed by atoms with E-state index in [0.29, 0.717) is 6.17 Å². The van der Waals surface area contributed by atoms with Gasteiger partial charge >= 0.3 is 6.16 Å². The van der Waals surface area contributed by atoms with Crippen LogP contribution < -0.4 is 0 Å². The Kier molecular flexibility index (Phi) is 5.52. The first-order valence-corrected chi connectivity index (χ1v) is 4.45. The van der Waals surface area contributed by atoms with E-state index in [9.17, 15) is 0 Å². The molecule has 5 nitrogen and oxygen atoms in total. The molecule has 0 radical (unpaired) electrons. The summed E-state index contributed by atoms with van der Waals surface area (Å²) >= 11 is 0. The van der Waals surface area contributed by atoms with Gasteiger partial charge in [0.05, 0.1) is 13.3 Å². The highest BCUT2D eigenvalue weighted by molar-refractivity contribution is 5.56. The van der Waals surface area contributed by atoms with Crippen LogP contribution >= 0.6 is 0 Å². The summed E-state index contributed by atoms with van der Waals surface area (Å²) in [6.07, 6.45) is 3.54. The lowest BCUT2D eigenvalue weighted by atomic mass is 10.5. The topological polar surface area (TPSA) is 53.0 Å². The van der Waals surface area contributed by atoms with Crippen molar-refractivity contribution in [2.45, 2.75) is 20.0 Å². The minimum Gasteiger partial charge on any atom is -0.450 e. The second-order valence-corrected chi connectivity index (χ2v) is 2.90. The number of carbonyl (C=O) groups is 1. The van der Waals surface area contributed by atoms with E-state index in [1.54, 1.807) is 0 Å². The van der Waals surface area contributed by atoms with Crippen molar-refractivity contribution >= 4 is 6.16 Å². The van der Waals surface area contributed by atoms with Crippen LogP contribution in [0.4, 0.5) is 4.79 Å². The quantitative estimate of drug-likeness (QED) is 0.651. The Morgan fingerprint density at radius 3 is 2.21 bits per heavy atom. The van der Waals surface area contributed by atoms with Crippen LogP contribution in [0.25, 0.3) is 0 Å². The molecule has 1 N–H and O–H groups in total. The predicted octanol–water partition coefficient (Wildman–Crippen LogP) is 1.38. The number of rotatable bonds is 1. The summed E-state index contributed by atoms with van der Waals surface area (Å²) in [7, 11) is 3.19. The highest BCUT2D eigenvalue weighted by Gasteiger charge is 2.15. The maximum Gasteiger partial charge on any atom is 0.505 e. The van der Waals surface area contributed by atoms with Crippen LogP contribution in [0.3, 0.4) is 0 Å². The molecule has 82 valence electrons. The van der Waals surface area contributed by atoms with Crippen LogP contribution in [0, 0.1) is 0 Å².